The highest BCUT2D eigenvalue weighted by Gasteiger charge is 2.35. The fourth-order valence-corrected chi connectivity index (χ4v) is 2.67. The third-order valence-corrected chi connectivity index (χ3v) is 4.44. The van der Waals surface area contributed by atoms with E-state index in [4.69, 9.17) is 0 Å². The predicted molar refractivity (Wildman–Crippen MR) is 76.9 cm³/mol. The van der Waals surface area contributed by atoms with E-state index in [1.54, 1.807) is 12.3 Å². The van der Waals surface area contributed by atoms with Crippen LogP contribution in [0.1, 0.15) is 32.6 Å². The van der Waals surface area contributed by atoms with Gasteiger partial charge in [0.1, 0.15) is 4.47 Å². The van der Waals surface area contributed by atoms with Crippen LogP contribution in [0.4, 0.5) is 5.69 Å². The lowest BCUT2D eigenvalue weighted by Gasteiger charge is -2.43. The van der Waals surface area contributed by atoms with Gasteiger partial charge in [-0.15, -0.1) is 6.58 Å². The average molecular weight is 312 g/mol. The van der Waals surface area contributed by atoms with E-state index in [9.17, 15) is 4.79 Å². The van der Waals surface area contributed by atoms with Gasteiger partial charge in [0, 0.05) is 5.54 Å². The normalized spacial score (nSPS) is 17.0. The Bertz CT molecular complexity index is 500. The van der Waals surface area contributed by atoms with Gasteiger partial charge < -0.3 is 5.32 Å². The Kier molecular flexibility index (Phi) is 3.90. The first-order valence-electron chi connectivity index (χ1n) is 6.26. The van der Waals surface area contributed by atoms with Crippen LogP contribution in [-0.4, -0.2) is 15.3 Å². The van der Waals surface area contributed by atoms with Crippen molar-refractivity contribution in [1.29, 1.82) is 0 Å². The van der Waals surface area contributed by atoms with Crippen molar-refractivity contribution in [3.63, 3.8) is 0 Å². The number of aromatic nitrogens is 2. The van der Waals surface area contributed by atoms with E-state index in [1.807, 2.05) is 0 Å². The van der Waals surface area contributed by atoms with E-state index >= 15 is 0 Å². The van der Waals surface area contributed by atoms with E-state index in [-0.39, 0.29) is 11.1 Å². The lowest BCUT2D eigenvalue weighted by molar-refractivity contribution is 0.269. The molecule has 1 aliphatic rings. The maximum Gasteiger partial charge on any atom is 0.283 e. The van der Waals surface area contributed by atoms with Crippen LogP contribution in [0.3, 0.4) is 0 Å². The van der Waals surface area contributed by atoms with E-state index in [2.05, 4.69) is 39.8 Å². The van der Waals surface area contributed by atoms with Gasteiger partial charge in [0.2, 0.25) is 0 Å². The second-order valence-electron chi connectivity index (χ2n) is 4.76. The van der Waals surface area contributed by atoms with Crippen molar-refractivity contribution in [1.82, 2.24) is 9.78 Å². The van der Waals surface area contributed by atoms with Crippen molar-refractivity contribution in [3.8, 4) is 0 Å². The minimum absolute atomic E-state index is 0.120. The van der Waals surface area contributed by atoms with Crippen molar-refractivity contribution in [2.24, 2.45) is 0 Å². The summed E-state index contributed by atoms with van der Waals surface area (Å²) in [6.45, 7) is 6.21. The lowest BCUT2D eigenvalue weighted by Crippen LogP contribution is -2.44. The zero-order valence-corrected chi connectivity index (χ0v) is 12.2. The first kappa shape index (κ1) is 13.3. The molecule has 4 nitrogen and oxygen atoms in total. The van der Waals surface area contributed by atoms with Gasteiger partial charge in [-0.3, -0.25) is 4.79 Å². The molecule has 0 aromatic carbocycles. The Morgan fingerprint density at radius 2 is 2.39 bits per heavy atom. The molecule has 1 N–H and O–H groups in total. The SMILES string of the molecule is C=CCn1ncc(NC2(CC)CCC2)c(Br)c1=O. The minimum atomic E-state index is -0.120. The smallest absolute Gasteiger partial charge is 0.283 e. The largest absolute Gasteiger partial charge is 0.377 e. The number of anilines is 1. The molecule has 1 fully saturated rings. The van der Waals surface area contributed by atoms with Gasteiger partial charge in [0.05, 0.1) is 18.4 Å². The molecule has 98 valence electrons. The second kappa shape index (κ2) is 5.26. The van der Waals surface area contributed by atoms with Crippen LogP contribution in [-0.2, 0) is 6.54 Å². The molecule has 1 aromatic rings. The van der Waals surface area contributed by atoms with Crippen LogP contribution in [0.5, 0.6) is 0 Å². The maximum absolute atomic E-state index is 12.0. The molecule has 0 spiro atoms. The zero-order chi connectivity index (χ0) is 13.2. The number of hydrogen-bond acceptors (Lipinski definition) is 3. The fraction of sp³-hybridized carbons (Fsp3) is 0.538. The molecule has 0 unspecified atom stereocenters. The third-order valence-electron chi connectivity index (χ3n) is 3.67. The summed E-state index contributed by atoms with van der Waals surface area (Å²) in [6.07, 6.45) is 8.00. The average Bonchev–Trinajstić information content (AvgIpc) is 2.33. The van der Waals surface area contributed by atoms with Gasteiger partial charge >= 0.3 is 0 Å². The molecule has 0 aliphatic heterocycles. The molecule has 1 aromatic heterocycles. The molecule has 5 heteroatoms. The highest BCUT2D eigenvalue weighted by molar-refractivity contribution is 9.10. The summed E-state index contributed by atoms with van der Waals surface area (Å²) < 4.78 is 1.95. The molecule has 0 atom stereocenters. The third kappa shape index (κ3) is 2.36. The van der Waals surface area contributed by atoms with Crippen LogP contribution in [0, 0.1) is 0 Å². The summed E-state index contributed by atoms with van der Waals surface area (Å²) >= 11 is 3.37. The molecule has 1 aliphatic carbocycles. The molecule has 0 amide bonds. The van der Waals surface area contributed by atoms with E-state index in [0.29, 0.717) is 11.0 Å². The molecule has 0 saturated heterocycles. The van der Waals surface area contributed by atoms with Crippen LogP contribution >= 0.6 is 15.9 Å². The summed E-state index contributed by atoms with van der Waals surface area (Å²) in [5.74, 6) is 0. The Balaban J connectivity index is 2.27. The Morgan fingerprint density at radius 3 is 2.89 bits per heavy atom. The van der Waals surface area contributed by atoms with Crippen LogP contribution in [0.2, 0.25) is 0 Å². The van der Waals surface area contributed by atoms with Crippen molar-refractivity contribution >= 4 is 21.6 Å². The monoisotopic (exact) mass is 311 g/mol. The summed E-state index contributed by atoms with van der Waals surface area (Å²) in [5.41, 5.74) is 0.827. The zero-order valence-electron chi connectivity index (χ0n) is 10.6. The predicted octanol–water partition coefficient (Wildman–Crippen LogP) is 2.94. The van der Waals surface area contributed by atoms with E-state index < -0.39 is 0 Å². The standard InChI is InChI=1S/C13H18BrN3O/c1-3-8-17-12(18)11(14)10(9-15-17)16-13(4-2)6-5-7-13/h3,9,16H,1,4-8H2,2H3. The second-order valence-corrected chi connectivity index (χ2v) is 5.55. The first-order valence-corrected chi connectivity index (χ1v) is 7.06. The van der Waals surface area contributed by atoms with Gasteiger partial charge in [-0.25, -0.2) is 4.68 Å². The van der Waals surface area contributed by atoms with Gasteiger partial charge in [-0.05, 0) is 41.6 Å². The number of hydrogen-bond donors (Lipinski definition) is 1. The molecule has 1 heterocycles. The summed E-state index contributed by atoms with van der Waals surface area (Å²) in [6, 6.07) is 0. The summed E-state index contributed by atoms with van der Waals surface area (Å²) in [5, 5.41) is 7.62. The first-order chi connectivity index (χ1) is 8.62. The highest BCUT2D eigenvalue weighted by atomic mass is 79.9. The van der Waals surface area contributed by atoms with E-state index in [1.165, 1.54) is 11.1 Å². The van der Waals surface area contributed by atoms with Crippen molar-refractivity contribution in [2.45, 2.75) is 44.7 Å². The summed E-state index contributed by atoms with van der Waals surface area (Å²) in [7, 11) is 0. The molecule has 2 rings (SSSR count). The highest BCUT2D eigenvalue weighted by Crippen LogP contribution is 2.38. The Hall–Kier alpha value is -1.10. The van der Waals surface area contributed by atoms with Crippen LogP contribution < -0.4 is 10.9 Å². The minimum Gasteiger partial charge on any atom is -0.377 e. The van der Waals surface area contributed by atoms with Crippen molar-refractivity contribution < 1.29 is 0 Å². The van der Waals surface area contributed by atoms with Crippen LogP contribution in [0.25, 0.3) is 0 Å². The quantitative estimate of drug-likeness (QED) is 0.850. The Morgan fingerprint density at radius 1 is 1.67 bits per heavy atom. The van der Waals surface area contributed by atoms with Gasteiger partial charge in [-0.2, -0.15) is 5.10 Å². The van der Waals surface area contributed by atoms with Gasteiger partial charge in [-0.1, -0.05) is 13.0 Å². The fourth-order valence-electron chi connectivity index (χ4n) is 2.26. The molecule has 0 radical (unpaired) electrons. The molecule has 1 saturated carbocycles. The number of halogens is 1. The molecular formula is C13H18BrN3O. The number of nitrogens with one attached hydrogen (secondary N) is 1. The Labute approximate surface area is 115 Å². The lowest BCUT2D eigenvalue weighted by atomic mass is 9.75. The molecular weight excluding hydrogens is 294 g/mol. The number of rotatable bonds is 5. The maximum atomic E-state index is 12.0. The van der Waals surface area contributed by atoms with Gasteiger partial charge in [0.15, 0.2) is 0 Å². The van der Waals surface area contributed by atoms with Crippen LogP contribution in [0.15, 0.2) is 28.1 Å². The van der Waals surface area contributed by atoms with Crippen molar-refractivity contribution in [2.75, 3.05) is 5.32 Å². The topological polar surface area (TPSA) is 46.9 Å². The number of nitrogens with zero attached hydrogens (tertiary/aromatic N) is 2. The molecule has 18 heavy (non-hydrogen) atoms. The van der Waals surface area contributed by atoms with E-state index in [0.717, 1.165) is 24.9 Å². The molecule has 0 bridgehead atoms. The van der Waals surface area contributed by atoms with Crippen molar-refractivity contribution in [3.05, 3.63) is 33.7 Å². The summed E-state index contributed by atoms with van der Waals surface area (Å²) in [4.78, 5) is 12.0. The van der Waals surface area contributed by atoms with Gasteiger partial charge in [0.25, 0.3) is 5.56 Å². The number of allylic oxidation sites excluding steroid dienone is 1.